The third-order valence-corrected chi connectivity index (χ3v) is 3.11. The molecule has 17 heavy (non-hydrogen) atoms. The molecule has 0 aromatic heterocycles. The van der Waals surface area contributed by atoms with Crippen LogP contribution in [0.5, 0.6) is 5.75 Å². The summed E-state index contributed by atoms with van der Waals surface area (Å²) in [7, 11) is 0. The molecular formula is C13H17ClO3. The first kappa shape index (κ1) is 12.7. The fourth-order valence-electron chi connectivity index (χ4n) is 1.63. The van der Waals surface area contributed by atoms with Gasteiger partial charge in [0.1, 0.15) is 5.75 Å². The molecule has 1 heterocycles. The van der Waals surface area contributed by atoms with Gasteiger partial charge in [-0.05, 0) is 37.1 Å². The molecule has 0 saturated carbocycles. The number of aliphatic hydroxyl groups is 1. The van der Waals surface area contributed by atoms with Crippen LogP contribution in [-0.2, 0) is 4.74 Å². The van der Waals surface area contributed by atoms with Gasteiger partial charge in [-0.1, -0.05) is 11.6 Å². The van der Waals surface area contributed by atoms with Crippen molar-refractivity contribution in [2.45, 2.75) is 18.9 Å². The quantitative estimate of drug-likeness (QED) is 0.763. The average Bonchev–Trinajstić information content (AvgIpc) is 3.15. The second-order valence-electron chi connectivity index (χ2n) is 4.35. The van der Waals surface area contributed by atoms with Crippen molar-refractivity contribution in [1.82, 2.24) is 0 Å². The molecule has 1 saturated heterocycles. The Hall–Kier alpha value is -0.770. The molecule has 0 radical (unpaired) electrons. The second-order valence-corrected chi connectivity index (χ2v) is 4.78. The Kier molecular flexibility index (Phi) is 4.66. The highest BCUT2D eigenvalue weighted by atomic mass is 35.5. The predicted molar refractivity (Wildman–Crippen MR) is 66.5 cm³/mol. The third kappa shape index (κ3) is 4.54. The maximum absolute atomic E-state index is 9.24. The minimum atomic E-state index is 0.153. The summed E-state index contributed by atoms with van der Waals surface area (Å²) in [6.07, 6.45) is 2.36. The molecule has 1 aromatic rings. The van der Waals surface area contributed by atoms with Gasteiger partial charge in [-0.2, -0.15) is 0 Å². The lowest BCUT2D eigenvalue weighted by Crippen LogP contribution is -2.16. The predicted octanol–water partition coefficient (Wildman–Crippen LogP) is 2.51. The number of ether oxygens (including phenoxy) is 2. The lowest BCUT2D eigenvalue weighted by Gasteiger charge is -2.14. The molecule has 4 heteroatoms. The molecule has 1 aliphatic rings. The van der Waals surface area contributed by atoms with Crippen LogP contribution in [0.4, 0.5) is 0 Å². The lowest BCUT2D eigenvalue weighted by atomic mass is 10.0. The Labute approximate surface area is 106 Å². The van der Waals surface area contributed by atoms with Gasteiger partial charge in [0, 0.05) is 17.5 Å². The highest BCUT2D eigenvalue weighted by molar-refractivity contribution is 6.30. The summed E-state index contributed by atoms with van der Waals surface area (Å²) < 4.78 is 10.7. The van der Waals surface area contributed by atoms with Gasteiger partial charge >= 0.3 is 0 Å². The molecule has 2 rings (SSSR count). The van der Waals surface area contributed by atoms with Gasteiger partial charge in [0.25, 0.3) is 0 Å². The van der Waals surface area contributed by atoms with Gasteiger partial charge < -0.3 is 14.6 Å². The van der Waals surface area contributed by atoms with Crippen LogP contribution >= 0.6 is 11.6 Å². The Morgan fingerprint density at radius 1 is 1.41 bits per heavy atom. The van der Waals surface area contributed by atoms with Gasteiger partial charge in [0.05, 0.1) is 19.3 Å². The van der Waals surface area contributed by atoms with Crippen molar-refractivity contribution in [1.29, 1.82) is 0 Å². The minimum absolute atomic E-state index is 0.153. The first-order chi connectivity index (χ1) is 8.28. The molecule has 0 spiro atoms. The highest BCUT2D eigenvalue weighted by Gasteiger charge is 2.23. The van der Waals surface area contributed by atoms with E-state index in [1.54, 1.807) is 12.1 Å². The Morgan fingerprint density at radius 3 is 2.71 bits per heavy atom. The molecule has 3 nitrogen and oxygen atoms in total. The molecule has 1 aromatic carbocycles. The van der Waals surface area contributed by atoms with E-state index in [1.807, 2.05) is 12.1 Å². The van der Waals surface area contributed by atoms with E-state index in [0.717, 1.165) is 25.2 Å². The Morgan fingerprint density at radius 2 is 2.12 bits per heavy atom. The topological polar surface area (TPSA) is 42.0 Å². The average molecular weight is 257 g/mol. The van der Waals surface area contributed by atoms with Crippen molar-refractivity contribution in [3.05, 3.63) is 29.3 Å². The molecule has 0 bridgehead atoms. The maximum Gasteiger partial charge on any atom is 0.119 e. The summed E-state index contributed by atoms with van der Waals surface area (Å²) in [5.74, 6) is 0.963. The summed E-state index contributed by atoms with van der Waals surface area (Å²) in [5.41, 5.74) is 0. The fourth-order valence-corrected chi connectivity index (χ4v) is 1.75. The lowest BCUT2D eigenvalue weighted by molar-refractivity contribution is 0.152. The van der Waals surface area contributed by atoms with Gasteiger partial charge in [-0.3, -0.25) is 0 Å². The number of benzene rings is 1. The molecular weight excluding hydrogens is 240 g/mol. The van der Waals surface area contributed by atoms with Crippen molar-refractivity contribution in [3.8, 4) is 5.75 Å². The van der Waals surface area contributed by atoms with E-state index in [-0.39, 0.29) is 12.5 Å². The SMILES string of the molecule is OC[C@@H](CC[C@H]1CO1)COc1ccc(Cl)cc1. The van der Waals surface area contributed by atoms with Crippen molar-refractivity contribution in [3.63, 3.8) is 0 Å². The molecule has 1 fully saturated rings. The van der Waals surface area contributed by atoms with Crippen molar-refractivity contribution in [2.75, 3.05) is 19.8 Å². The molecule has 0 aliphatic carbocycles. The van der Waals surface area contributed by atoms with E-state index in [0.29, 0.717) is 17.7 Å². The molecule has 94 valence electrons. The third-order valence-electron chi connectivity index (χ3n) is 2.86. The van der Waals surface area contributed by atoms with E-state index in [2.05, 4.69) is 0 Å². The number of rotatable bonds is 7. The second kappa shape index (κ2) is 6.24. The molecule has 0 amide bonds. The standard InChI is InChI=1S/C13H17ClO3/c14-11-2-5-12(6-3-11)16-8-10(7-15)1-4-13-9-17-13/h2-3,5-6,10,13,15H,1,4,7-9H2/t10-,13+/m1/s1. The maximum atomic E-state index is 9.24. The summed E-state index contributed by atoms with van der Waals surface area (Å²) in [6, 6.07) is 7.26. The van der Waals surface area contributed by atoms with Gasteiger partial charge in [-0.25, -0.2) is 0 Å². The summed E-state index contributed by atoms with van der Waals surface area (Å²) in [6.45, 7) is 1.56. The van der Waals surface area contributed by atoms with Crippen LogP contribution < -0.4 is 4.74 Å². The van der Waals surface area contributed by atoms with Crippen LogP contribution in [0, 0.1) is 5.92 Å². The van der Waals surface area contributed by atoms with Crippen LogP contribution in [0.2, 0.25) is 5.02 Å². The van der Waals surface area contributed by atoms with Gasteiger partial charge in [0.15, 0.2) is 0 Å². The molecule has 1 aliphatic heterocycles. The Bertz CT molecular complexity index is 335. The molecule has 0 unspecified atom stereocenters. The molecule has 1 N–H and O–H groups in total. The number of aliphatic hydroxyl groups excluding tert-OH is 1. The van der Waals surface area contributed by atoms with Crippen molar-refractivity contribution in [2.24, 2.45) is 5.92 Å². The zero-order valence-corrected chi connectivity index (χ0v) is 10.4. The summed E-state index contributed by atoms with van der Waals surface area (Å²) >= 11 is 5.78. The van der Waals surface area contributed by atoms with E-state index < -0.39 is 0 Å². The van der Waals surface area contributed by atoms with E-state index in [1.165, 1.54) is 0 Å². The monoisotopic (exact) mass is 256 g/mol. The first-order valence-electron chi connectivity index (χ1n) is 5.88. The van der Waals surface area contributed by atoms with Crippen LogP contribution in [0.1, 0.15) is 12.8 Å². The van der Waals surface area contributed by atoms with Crippen LogP contribution in [0.15, 0.2) is 24.3 Å². The van der Waals surface area contributed by atoms with E-state index in [4.69, 9.17) is 21.1 Å². The fraction of sp³-hybridized carbons (Fsp3) is 0.538. The van der Waals surface area contributed by atoms with Crippen LogP contribution in [-0.4, -0.2) is 31.0 Å². The number of hydrogen-bond donors (Lipinski definition) is 1. The summed E-state index contributed by atoms with van der Waals surface area (Å²) in [5, 5.41) is 9.94. The van der Waals surface area contributed by atoms with E-state index in [9.17, 15) is 5.11 Å². The smallest absolute Gasteiger partial charge is 0.119 e. The highest BCUT2D eigenvalue weighted by Crippen LogP contribution is 2.20. The first-order valence-corrected chi connectivity index (χ1v) is 6.26. The summed E-state index contributed by atoms with van der Waals surface area (Å²) in [4.78, 5) is 0. The van der Waals surface area contributed by atoms with Gasteiger partial charge in [-0.15, -0.1) is 0 Å². The van der Waals surface area contributed by atoms with Crippen LogP contribution in [0.25, 0.3) is 0 Å². The number of epoxide rings is 1. The van der Waals surface area contributed by atoms with Crippen LogP contribution in [0.3, 0.4) is 0 Å². The van der Waals surface area contributed by atoms with Gasteiger partial charge in [0.2, 0.25) is 0 Å². The Balaban J connectivity index is 1.72. The normalized spacial score (nSPS) is 20.0. The number of hydrogen-bond acceptors (Lipinski definition) is 3. The zero-order chi connectivity index (χ0) is 12.1. The minimum Gasteiger partial charge on any atom is -0.493 e. The largest absolute Gasteiger partial charge is 0.493 e. The molecule has 2 atom stereocenters. The number of halogens is 1. The zero-order valence-electron chi connectivity index (χ0n) is 9.64. The van der Waals surface area contributed by atoms with E-state index >= 15 is 0 Å². The van der Waals surface area contributed by atoms with Crippen molar-refractivity contribution < 1.29 is 14.6 Å². The van der Waals surface area contributed by atoms with Crippen molar-refractivity contribution >= 4 is 11.6 Å².